The van der Waals surface area contributed by atoms with Crippen LogP contribution in [0.25, 0.3) is 16.5 Å². The molecule has 4 rings (SSSR count). The van der Waals surface area contributed by atoms with Crippen LogP contribution < -0.4 is 10.9 Å². The fourth-order valence-corrected chi connectivity index (χ4v) is 4.08. The normalized spacial score (nSPS) is 14.1. The van der Waals surface area contributed by atoms with E-state index in [1.807, 2.05) is 31.2 Å². The van der Waals surface area contributed by atoms with Gasteiger partial charge in [-0.2, -0.15) is 5.26 Å². The summed E-state index contributed by atoms with van der Waals surface area (Å²) < 4.78 is 0. The van der Waals surface area contributed by atoms with Crippen molar-refractivity contribution in [1.29, 1.82) is 5.26 Å². The molecule has 3 aromatic rings. The predicted molar refractivity (Wildman–Crippen MR) is 124 cm³/mol. The summed E-state index contributed by atoms with van der Waals surface area (Å²) >= 11 is 0. The SMILES string of the molecule is CCc1cc2c(C#N)cc(CN3CC=C(c4ccc(C(=O)NC)nc4)CC3)cc2[nH]c1=O. The fourth-order valence-electron chi connectivity index (χ4n) is 4.08. The Balaban J connectivity index is 1.51. The lowest BCUT2D eigenvalue weighted by Gasteiger charge is -2.26. The molecule has 1 aromatic carbocycles. The Bertz CT molecular complexity index is 1300. The Hall–Kier alpha value is -3.76. The number of nitrogens with one attached hydrogen (secondary N) is 2. The summed E-state index contributed by atoms with van der Waals surface area (Å²) in [5, 5.41) is 13.0. The first-order valence-electron chi connectivity index (χ1n) is 10.7. The lowest BCUT2D eigenvalue weighted by Crippen LogP contribution is -2.28. The van der Waals surface area contributed by atoms with Gasteiger partial charge in [-0.3, -0.25) is 19.5 Å². The van der Waals surface area contributed by atoms with E-state index in [2.05, 4.69) is 32.3 Å². The van der Waals surface area contributed by atoms with Gasteiger partial charge >= 0.3 is 0 Å². The Morgan fingerprint density at radius 1 is 1.31 bits per heavy atom. The average molecular weight is 428 g/mol. The highest BCUT2D eigenvalue weighted by molar-refractivity contribution is 5.92. The molecule has 32 heavy (non-hydrogen) atoms. The van der Waals surface area contributed by atoms with Gasteiger partial charge in [-0.05, 0) is 53.8 Å². The Kier molecular flexibility index (Phi) is 6.15. The number of aromatic nitrogens is 2. The number of rotatable bonds is 5. The van der Waals surface area contributed by atoms with E-state index in [4.69, 9.17) is 0 Å². The summed E-state index contributed by atoms with van der Waals surface area (Å²) in [4.78, 5) is 33.4. The summed E-state index contributed by atoms with van der Waals surface area (Å²) in [7, 11) is 1.59. The number of nitriles is 1. The number of nitrogens with zero attached hydrogens (tertiary/aromatic N) is 3. The van der Waals surface area contributed by atoms with Crippen LogP contribution in [0.4, 0.5) is 0 Å². The van der Waals surface area contributed by atoms with E-state index in [0.29, 0.717) is 35.3 Å². The van der Waals surface area contributed by atoms with Crippen LogP contribution in [0, 0.1) is 11.3 Å². The van der Waals surface area contributed by atoms with Gasteiger partial charge in [0, 0.05) is 49.3 Å². The quantitative estimate of drug-likeness (QED) is 0.652. The highest BCUT2D eigenvalue weighted by Crippen LogP contribution is 2.25. The molecule has 0 saturated carbocycles. The first-order chi connectivity index (χ1) is 15.5. The van der Waals surface area contributed by atoms with Crippen LogP contribution in [-0.4, -0.2) is 40.9 Å². The second-order valence-electron chi connectivity index (χ2n) is 7.92. The number of carbonyl (C=O) groups is 1. The highest BCUT2D eigenvalue weighted by Gasteiger charge is 2.16. The second-order valence-corrected chi connectivity index (χ2v) is 7.92. The van der Waals surface area contributed by atoms with Crippen molar-refractivity contribution in [2.24, 2.45) is 0 Å². The third kappa shape index (κ3) is 4.32. The third-order valence-electron chi connectivity index (χ3n) is 5.89. The van der Waals surface area contributed by atoms with Gasteiger partial charge in [0.25, 0.3) is 11.5 Å². The second kappa shape index (κ2) is 9.16. The Morgan fingerprint density at radius 3 is 2.78 bits per heavy atom. The molecule has 0 atom stereocenters. The van der Waals surface area contributed by atoms with Gasteiger partial charge < -0.3 is 10.3 Å². The number of amides is 1. The molecule has 3 heterocycles. The maximum Gasteiger partial charge on any atom is 0.269 e. The molecular weight excluding hydrogens is 402 g/mol. The number of hydrogen-bond acceptors (Lipinski definition) is 5. The van der Waals surface area contributed by atoms with E-state index in [1.54, 1.807) is 19.3 Å². The van der Waals surface area contributed by atoms with Gasteiger partial charge in [-0.25, -0.2) is 0 Å². The topological polar surface area (TPSA) is 102 Å². The summed E-state index contributed by atoms with van der Waals surface area (Å²) in [5.41, 5.74) is 5.53. The maximum absolute atomic E-state index is 12.2. The van der Waals surface area contributed by atoms with Crippen LogP contribution in [0.5, 0.6) is 0 Å². The molecule has 1 aliphatic heterocycles. The molecule has 2 aromatic heterocycles. The fraction of sp³-hybridized carbons (Fsp3) is 0.280. The molecule has 7 heteroatoms. The van der Waals surface area contributed by atoms with Crippen LogP contribution in [0.2, 0.25) is 0 Å². The zero-order valence-corrected chi connectivity index (χ0v) is 18.2. The number of aryl methyl sites for hydroxylation is 1. The van der Waals surface area contributed by atoms with Crippen LogP contribution in [0.15, 0.2) is 47.4 Å². The van der Waals surface area contributed by atoms with Crippen molar-refractivity contribution in [2.45, 2.75) is 26.3 Å². The van der Waals surface area contributed by atoms with Crippen molar-refractivity contribution in [3.05, 3.63) is 80.9 Å². The Morgan fingerprint density at radius 2 is 2.16 bits per heavy atom. The molecule has 0 bridgehead atoms. The van der Waals surface area contributed by atoms with Crippen molar-refractivity contribution >= 4 is 22.4 Å². The summed E-state index contributed by atoms with van der Waals surface area (Å²) in [6.45, 7) is 4.27. The van der Waals surface area contributed by atoms with E-state index in [9.17, 15) is 14.9 Å². The number of fused-ring (bicyclic) bond motifs is 1. The van der Waals surface area contributed by atoms with Gasteiger partial charge in [0.2, 0.25) is 0 Å². The summed E-state index contributed by atoms with van der Waals surface area (Å²) in [6, 6.07) is 11.7. The molecule has 0 fully saturated rings. The van der Waals surface area contributed by atoms with Gasteiger partial charge in [0.05, 0.1) is 11.6 Å². The van der Waals surface area contributed by atoms with Crippen LogP contribution in [-0.2, 0) is 13.0 Å². The van der Waals surface area contributed by atoms with Crippen molar-refractivity contribution in [2.75, 3.05) is 20.1 Å². The average Bonchev–Trinajstić information content (AvgIpc) is 2.83. The molecule has 0 spiro atoms. The van der Waals surface area contributed by atoms with Gasteiger partial charge in [0.1, 0.15) is 5.69 Å². The standard InChI is InChI=1S/C25H25N5O2/c1-3-17-12-21-20(13-26)10-16(11-23(21)29-24(17)31)15-30-8-6-18(7-9-30)19-4-5-22(28-14-19)25(32)27-2/h4-6,10-12,14H,3,7-9,15H2,1-2H3,(H,27,32)(H,29,31). The molecule has 0 aliphatic carbocycles. The molecule has 2 N–H and O–H groups in total. The Labute approximate surface area is 186 Å². The molecule has 0 radical (unpaired) electrons. The molecular formula is C25H25N5O2. The highest BCUT2D eigenvalue weighted by atomic mass is 16.1. The van der Waals surface area contributed by atoms with Gasteiger partial charge in [-0.1, -0.05) is 19.1 Å². The predicted octanol–water partition coefficient (Wildman–Crippen LogP) is 3.01. The van der Waals surface area contributed by atoms with Gasteiger partial charge in [-0.15, -0.1) is 0 Å². The monoisotopic (exact) mass is 427 g/mol. The molecule has 162 valence electrons. The minimum absolute atomic E-state index is 0.0948. The minimum atomic E-state index is -0.195. The van der Waals surface area contributed by atoms with E-state index in [-0.39, 0.29) is 11.5 Å². The zero-order chi connectivity index (χ0) is 22.7. The van der Waals surface area contributed by atoms with Crippen LogP contribution in [0.3, 0.4) is 0 Å². The van der Waals surface area contributed by atoms with Gasteiger partial charge in [0.15, 0.2) is 0 Å². The summed E-state index contributed by atoms with van der Waals surface area (Å²) in [5.74, 6) is -0.195. The number of aromatic amines is 1. The van der Waals surface area contributed by atoms with E-state index >= 15 is 0 Å². The minimum Gasteiger partial charge on any atom is -0.354 e. The smallest absolute Gasteiger partial charge is 0.269 e. The van der Waals surface area contributed by atoms with E-state index in [0.717, 1.165) is 36.0 Å². The molecule has 0 unspecified atom stereocenters. The molecule has 1 amide bonds. The van der Waals surface area contributed by atoms with Crippen molar-refractivity contribution < 1.29 is 4.79 Å². The van der Waals surface area contributed by atoms with Crippen LogP contribution >= 0.6 is 0 Å². The van der Waals surface area contributed by atoms with E-state index < -0.39 is 0 Å². The maximum atomic E-state index is 12.2. The summed E-state index contributed by atoms with van der Waals surface area (Å²) in [6.07, 6.45) is 5.43. The first-order valence-corrected chi connectivity index (χ1v) is 10.7. The largest absolute Gasteiger partial charge is 0.354 e. The molecule has 0 saturated heterocycles. The molecule has 7 nitrogen and oxygen atoms in total. The number of hydrogen-bond donors (Lipinski definition) is 2. The van der Waals surface area contributed by atoms with Crippen LogP contribution in [0.1, 0.15) is 46.1 Å². The number of benzene rings is 1. The number of pyridine rings is 2. The van der Waals surface area contributed by atoms with E-state index in [1.165, 1.54) is 5.57 Å². The van der Waals surface area contributed by atoms with Crippen molar-refractivity contribution in [3.63, 3.8) is 0 Å². The first kappa shape index (κ1) is 21.5. The third-order valence-corrected chi connectivity index (χ3v) is 5.89. The molecule has 1 aliphatic rings. The van der Waals surface area contributed by atoms with Crippen molar-refractivity contribution in [3.8, 4) is 6.07 Å². The lowest BCUT2D eigenvalue weighted by atomic mass is 9.99. The number of carbonyl (C=O) groups excluding carboxylic acids is 1. The zero-order valence-electron chi connectivity index (χ0n) is 18.2. The lowest BCUT2D eigenvalue weighted by molar-refractivity contribution is 0.0958. The number of H-pyrrole nitrogens is 1. The van der Waals surface area contributed by atoms with Crippen molar-refractivity contribution in [1.82, 2.24) is 20.2 Å².